The van der Waals surface area contributed by atoms with Crippen molar-refractivity contribution in [3.05, 3.63) is 35.9 Å². The molecule has 2 amide bonds. The second-order valence-corrected chi connectivity index (χ2v) is 8.37. The standard InChI is InChI=1S/C22H29N3O3/c1-14-8-7-9-15-17(12-11-16(23)19(14)15)24-20(26)18-10-5-6-13-25(18)21(27)28-22(2,3)4/h7-9,11-12,18H,5-6,10,13,23H2,1-4H3,(H,24,26). The number of nitrogens with two attached hydrogens (primary N) is 1. The van der Waals surface area contributed by atoms with Gasteiger partial charge in [-0.1, -0.05) is 18.2 Å². The zero-order valence-electron chi connectivity index (χ0n) is 17.0. The Bertz CT molecular complexity index is 894. The van der Waals surface area contributed by atoms with Crippen molar-refractivity contribution in [1.82, 2.24) is 4.90 Å². The van der Waals surface area contributed by atoms with E-state index < -0.39 is 17.7 Å². The number of amides is 2. The number of nitrogens with zero attached hydrogens (tertiary/aromatic N) is 1. The lowest BCUT2D eigenvalue weighted by Crippen LogP contribution is -2.51. The van der Waals surface area contributed by atoms with E-state index in [1.54, 1.807) is 11.0 Å². The molecule has 1 saturated heterocycles. The van der Waals surface area contributed by atoms with Crippen molar-refractivity contribution in [2.24, 2.45) is 0 Å². The van der Waals surface area contributed by atoms with E-state index in [4.69, 9.17) is 10.5 Å². The summed E-state index contributed by atoms with van der Waals surface area (Å²) in [5.74, 6) is -0.196. The highest BCUT2D eigenvalue weighted by Gasteiger charge is 2.35. The molecule has 1 unspecified atom stereocenters. The minimum absolute atomic E-state index is 0.196. The Morgan fingerprint density at radius 2 is 1.93 bits per heavy atom. The van der Waals surface area contributed by atoms with Gasteiger partial charge in [0, 0.05) is 28.7 Å². The van der Waals surface area contributed by atoms with Crippen molar-refractivity contribution in [1.29, 1.82) is 0 Å². The molecule has 1 atom stereocenters. The van der Waals surface area contributed by atoms with Crippen LogP contribution in [0.2, 0.25) is 0 Å². The smallest absolute Gasteiger partial charge is 0.410 e. The Labute approximate surface area is 166 Å². The van der Waals surface area contributed by atoms with E-state index in [2.05, 4.69) is 5.32 Å². The molecule has 0 bridgehead atoms. The fraction of sp³-hybridized carbons (Fsp3) is 0.455. The predicted octanol–water partition coefficient (Wildman–Crippen LogP) is 4.46. The van der Waals surface area contributed by atoms with Gasteiger partial charge in [-0.05, 0) is 64.7 Å². The molecule has 1 aliphatic rings. The van der Waals surface area contributed by atoms with E-state index in [1.807, 2.05) is 52.0 Å². The third-order valence-corrected chi connectivity index (χ3v) is 4.97. The van der Waals surface area contributed by atoms with Gasteiger partial charge in [0.2, 0.25) is 5.91 Å². The van der Waals surface area contributed by atoms with E-state index in [0.29, 0.717) is 24.3 Å². The summed E-state index contributed by atoms with van der Waals surface area (Å²) in [6, 6.07) is 8.96. The molecule has 6 heteroatoms. The average Bonchev–Trinajstić information content (AvgIpc) is 2.62. The van der Waals surface area contributed by atoms with Gasteiger partial charge in [-0.15, -0.1) is 0 Å². The monoisotopic (exact) mass is 383 g/mol. The highest BCUT2D eigenvalue weighted by Crippen LogP contribution is 2.31. The van der Waals surface area contributed by atoms with E-state index >= 15 is 0 Å². The first-order valence-corrected chi connectivity index (χ1v) is 9.75. The van der Waals surface area contributed by atoms with Gasteiger partial charge in [0.15, 0.2) is 0 Å². The normalized spacial score (nSPS) is 17.4. The molecule has 1 fully saturated rings. The number of fused-ring (bicyclic) bond motifs is 1. The number of nitrogen functional groups attached to an aromatic ring is 1. The number of ether oxygens (including phenoxy) is 1. The maximum Gasteiger partial charge on any atom is 0.410 e. The summed E-state index contributed by atoms with van der Waals surface area (Å²) in [5.41, 5.74) is 7.98. The third-order valence-electron chi connectivity index (χ3n) is 4.97. The Morgan fingerprint density at radius 3 is 2.64 bits per heavy atom. The molecule has 2 aromatic carbocycles. The lowest BCUT2D eigenvalue weighted by molar-refractivity contribution is -0.122. The number of hydrogen-bond donors (Lipinski definition) is 2. The molecule has 150 valence electrons. The van der Waals surface area contributed by atoms with Crippen molar-refractivity contribution < 1.29 is 14.3 Å². The van der Waals surface area contributed by atoms with E-state index in [1.165, 1.54) is 0 Å². The van der Waals surface area contributed by atoms with Gasteiger partial charge in [-0.2, -0.15) is 0 Å². The molecule has 1 aliphatic heterocycles. The fourth-order valence-corrected chi connectivity index (χ4v) is 3.69. The van der Waals surface area contributed by atoms with Gasteiger partial charge in [0.25, 0.3) is 0 Å². The fourth-order valence-electron chi connectivity index (χ4n) is 3.69. The van der Waals surface area contributed by atoms with E-state index in [0.717, 1.165) is 29.2 Å². The molecule has 0 saturated carbocycles. The van der Waals surface area contributed by atoms with Crippen LogP contribution in [0.4, 0.5) is 16.2 Å². The molecule has 6 nitrogen and oxygen atoms in total. The van der Waals surface area contributed by atoms with Crippen LogP contribution in [0.1, 0.15) is 45.6 Å². The topological polar surface area (TPSA) is 84.7 Å². The number of carbonyl (C=O) groups is 2. The van der Waals surface area contributed by atoms with Crippen molar-refractivity contribution in [2.45, 2.75) is 58.6 Å². The number of anilines is 2. The number of hydrogen-bond acceptors (Lipinski definition) is 4. The van der Waals surface area contributed by atoms with Gasteiger partial charge in [0.1, 0.15) is 11.6 Å². The SMILES string of the molecule is Cc1cccc2c(NC(=O)C3CCCCN3C(=O)OC(C)(C)C)ccc(N)c12. The summed E-state index contributed by atoms with van der Waals surface area (Å²) >= 11 is 0. The maximum atomic E-state index is 13.1. The zero-order chi connectivity index (χ0) is 20.5. The number of piperidine rings is 1. The van der Waals surface area contributed by atoms with Gasteiger partial charge in [-0.25, -0.2) is 4.79 Å². The van der Waals surface area contributed by atoms with Crippen molar-refractivity contribution >= 4 is 34.1 Å². The number of rotatable bonds is 2. The first kappa shape index (κ1) is 20.0. The van der Waals surface area contributed by atoms with Gasteiger partial charge < -0.3 is 15.8 Å². The van der Waals surface area contributed by atoms with E-state index in [-0.39, 0.29) is 5.91 Å². The average molecular weight is 383 g/mol. The largest absolute Gasteiger partial charge is 0.444 e. The van der Waals surface area contributed by atoms with Crippen LogP contribution < -0.4 is 11.1 Å². The lowest BCUT2D eigenvalue weighted by Gasteiger charge is -2.35. The molecule has 28 heavy (non-hydrogen) atoms. The Morgan fingerprint density at radius 1 is 1.18 bits per heavy atom. The molecule has 3 N–H and O–H groups in total. The van der Waals surface area contributed by atoms with Crippen molar-refractivity contribution in [3.8, 4) is 0 Å². The second-order valence-electron chi connectivity index (χ2n) is 8.37. The van der Waals surface area contributed by atoms with Crippen LogP contribution in [-0.2, 0) is 9.53 Å². The molecule has 0 aromatic heterocycles. The van der Waals surface area contributed by atoms with Crippen LogP contribution in [0.3, 0.4) is 0 Å². The molecule has 3 rings (SSSR count). The summed E-state index contributed by atoms with van der Waals surface area (Å²) in [5, 5.41) is 4.85. The second kappa shape index (κ2) is 7.70. The highest BCUT2D eigenvalue weighted by molar-refractivity contribution is 6.08. The molecule has 1 heterocycles. The Kier molecular flexibility index (Phi) is 5.49. The van der Waals surface area contributed by atoms with Crippen LogP contribution in [0.15, 0.2) is 30.3 Å². The summed E-state index contributed by atoms with van der Waals surface area (Å²) in [7, 11) is 0. The Hall–Kier alpha value is -2.76. The molecule has 0 radical (unpaired) electrons. The van der Waals surface area contributed by atoms with Crippen LogP contribution in [0.5, 0.6) is 0 Å². The molecule has 0 aliphatic carbocycles. The predicted molar refractivity (Wildman–Crippen MR) is 112 cm³/mol. The van der Waals surface area contributed by atoms with Crippen LogP contribution in [0.25, 0.3) is 10.8 Å². The van der Waals surface area contributed by atoms with Crippen molar-refractivity contribution in [3.63, 3.8) is 0 Å². The summed E-state index contributed by atoms with van der Waals surface area (Å²) < 4.78 is 5.50. The van der Waals surface area contributed by atoms with Crippen LogP contribution >= 0.6 is 0 Å². The minimum Gasteiger partial charge on any atom is -0.444 e. The zero-order valence-corrected chi connectivity index (χ0v) is 17.0. The molecular weight excluding hydrogens is 354 g/mol. The van der Waals surface area contributed by atoms with Gasteiger partial charge >= 0.3 is 6.09 Å². The van der Waals surface area contributed by atoms with Crippen molar-refractivity contribution in [2.75, 3.05) is 17.6 Å². The van der Waals surface area contributed by atoms with Crippen LogP contribution in [-0.4, -0.2) is 35.1 Å². The Balaban J connectivity index is 1.85. The molecular formula is C22H29N3O3. The molecule has 0 spiro atoms. The number of nitrogens with one attached hydrogen (secondary N) is 1. The summed E-state index contributed by atoms with van der Waals surface area (Å²) in [4.78, 5) is 27.2. The number of carbonyl (C=O) groups excluding carboxylic acids is 2. The summed E-state index contributed by atoms with van der Waals surface area (Å²) in [6.07, 6.45) is 1.95. The molecule has 2 aromatic rings. The number of likely N-dealkylation sites (tertiary alicyclic amines) is 1. The first-order chi connectivity index (χ1) is 13.2. The number of benzene rings is 2. The van der Waals surface area contributed by atoms with Gasteiger partial charge in [0.05, 0.1) is 0 Å². The number of aryl methyl sites for hydroxylation is 1. The van der Waals surface area contributed by atoms with Gasteiger partial charge in [-0.3, -0.25) is 9.69 Å². The minimum atomic E-state index is -0.597. The highest BCUT2D eigenvalue weighted by atomic mass is 16.6. The van der Waals surface area contributed by atoms with Crippen LogP contribution in [0, 0.1) is 6.92 Å². The first-order valence-electron chi connectivity index (χ1n) is 9.75. The lowest BCUT2D eigenvalue weighted by atomic mass is 10.00. The summed E-state index contributed by atoms with van der Waals surface area (Å²) in [6.45, 7) is 8.00. The van der Waals surface area contributed by atoms with E-state index in [9.17, 15) is 9.59 Å². The third kappa shape index (κ3) is 4.21. The quantitative estimate of drug-likeness (QED) is 0.750. The maximum absolute atomic E-state index is 13.1.